The van der Waals surface area contributed by atoms with Gasteiger partial charge in [-0.3, -0.25) is 4.99 Å². The van der Waals surface area contributed by atoms with Crippen molar-refractivity contribution in [3.8, 4) is 5.75 Å². The lowest BCUT2D eigenvalue weighted by Gasteiger charge is -2.22. The topological polar surface area (TPSA) is 66.7 Å². The lowest BCUT2D eigenvalue weighted by atomic mass is 10.2. The van der Waals surface area contributed by atoms with Crippen LogP contribution in [-0.2, 0) is 6.54 Å². The maximum Gasteiger partial charge on any atom is 0.191 e. The summed E-state index contributed by atoms with van der Waals surface area (Å²) in [5.41, 5.74) is 1.16. The number of nitrogens with one attached hydrogen (secondary N) is 2. The number of imidazole rings is 1. The first-order chi connectivity index (χ1) is 14.2. The second-order valence-corrected chi connectivity index (χ2v) is 7.38. The van der Waals surface area contributed by atoms with Crippen LogP contribution in [0.2, 0.25) is 0 Å². The van der Waals surface area contributed by atoms with Crippen LogP contribution in [0.3, 0.4) is 0 Å². The number of guanidine groups is 1. The average molecular weight is 526 g/mol. The fourth-order valence-corrected chi connectivity index (χ4v) is 3.73. The minimum Gasteiger partial charge on any atom is -0.495 e. The van der Waals surface area contributed by atoms with E-state index in [1.54, 1.807) is 7.11 Å². The predicted molar refractivity (Wildman–Crippen MR) is 134 cm³/mol. The van der Waals surface area contributed by atoms with Crippen molar-refractivity contribution >= 4 is 35.6 Å². The number of aliphatic imine (C=N–C) groups is 1. The van der Waals surface area contributed by atoms with Gasteiger partial charge in [-0.2, -0.15) is 0 Å². The molecule has 1 saturated heterocycles. The Morgan fingerprint density at radius 1 is 1.30 bits per heavy atom. The van der Waals surface area contributed by atoms with Crippen LogP contribution in [0.4, 0.5) is 5.69 Å². The van der Waals surface area contributed by atoms with Crippen molar-refractivity contribution in [2.45, 2.75) is 45.7 Å². The Hall–Kier alpha value is -1.97. The third-order valence-corrected chi connectivity index (χ3v) is 5.30. The highest BCUT2D eigenvalue weighted by molar-refractivity contribution is 14.0. The Bertz CT molecular complexity index is 793. The number of aryl methyl sites for hydroxylation is 2. The first-order valence-electron chi connectivity index (χ1n) is 10.6. The lowest BCUT2D eigenvalue weighted by molar-refractivity contribution is 0.415. The Morgan fingerprint density at radius 2 is 2.13 bits per heavy atom. The first kappa shape index (κ1) is 24.3. The molecule has 3 rings (SSSR count). The van der Waals surface area contributed by atoms with Gasteiger partial charge in [-0.25, -0.2) is 4.98 Å². The zero-order valence-corrected chi connectivity index (χ0v) is 20.6. The van der Waals surface area contributed by atoms with E-state index in [0.717, 1.165) is 75.2 Å². The van der Waals surface area contributed by atoms with E-state index in [9.17, 15) is 0 Å². The van der Waals surface area contributed by atoms with E-state index < -0.39 is 0 Å². The number of nitrogens with zero attached hydrogens (tertiary/aromatic N) is 4. The van der Waals surface area contributed by atoms with Gasteiger partial charge < -0.3 is 24.8 Å². The second-order valence-electron chi connectivity index (χ2n) is 7.38. The Labute approximate surface area is 197 Å². The monoisotopic (exact) mass is 526 g/mol. The Kier molecular flexibility index (Phi) is 10.3. The van der Waals surface area contributed by atoms with Crippen molar-refractivity contribution in [3.05, 3.63) is 42.5 Å². The highest BCUT2D eigenvalue weighted by atomic mass is 127. The van der Waals surface area contributed by atoms with E-state index in [-0.39, 0.29) is 24.0 Å². The molecule has 0 saturated carbocycles. The molecule has 166 valence electrons. The van der Waals surface area contributed by atoms with Gasteiger partial charge in [0.25, 0.3) is 0 Å². The fourth-order valence-electron chi connectivity index (χ4n) is 3.73. The third kappa shape index (κ3) is 6.78. The van der Waals surface area contributed by atoms with Crippen molar-refractivity contribution < 1.29 is 4.74 Å². The summed E-state index contributed by atoms with van der Waals surface area (Å²) in [4.78, 5) is 11.4. The third-order valence-electron chi connectivity index (χ3n) is 5.30. The van der Waals surface area contributed by atoms with Gasteiger partial charge in [0.15, 0.2) is 5.96 Å². The summed E-state index contributed by atoms with van der Waals surface area (Å²) in [5, 5.41) is 6.99. The molecule has 0 spiro atoms. The van der Waals surface area contributed by atoms with Gasteiger partial charge in [-0.15, -0.1) is 24.0 Å². The smallest absolute Gasteiger partial charge is 0.191 e. The zero-order chi connectivity index (χ0) is 20.5. The number of halogens is 1. The molecule has 1 unspecified atom stereocenters. The lowest BCUT2D eigenvalue weighted by Crippen LogP contribution is -2.44. The van der Waals surface area contributed by atoms with Crippen LogP contribution in [0.25, 0.3) is 0 Å². The average Bonchev–Trinajstić information content (AvgIpc) is 3.37. The van der Waals surface area contributed by atoms with Crippen molar-refractivity contribution in [1.82, 2.24) is 20.2 Å². The summed E-state index contributed by atoms with van der Waals surface area (Å²) < 4.78 is 7.71. The van der Waals surface area contributed by atoms with Crippen molar-refractivity contribution in [1.29, 1.82) is 0 Å². The van der Waals surface area contributed by atoms with Gasteiger partial charge in [0.05, 0.1) is 12.8 Å². The maximum absolute atomic E-state index is 5.52. The SMILES string of the molecule is CCNC(=NCCCCn1ccnc1C)NC1CCN(c2ccccc2OC)C1.I. The van der Waals surface area contributed by atoms with E-state index in [0.29, 0.717) is 6.04 Å². The molecule has 1 atom stereocenters. The van der Waals surface area contributed by atoms with E-state index in [2.05, 4.69) is 44.1 Å². The quantitative estimate of drug-likeness (QED) is 0.227. The number of benzene rings is 1. The van der Waals surface area contributed by atoms with Crippen molar-refractivity contribution in [2.24, 2.45) is 4.99 Å². The van der Waals surface area contributed by atoms with Crippen LogP contribution in [0, 0.1) is 6.92 Å². The summed E-state index contributed by atoms with van der Waals surface area (Å²) in [5.74, 6) is 2.92. The minimum absolute atomic E-state index is 0. The molecule has 2 heterocycles. The van der Waals surface area contributed by atoms with Crippen LogP contribution < -0.4 is 20.3 Å². The number of methoxy groups -OCH3 is 1. The molecule has 2 aromatic rings. The highest BCUT2D eigenvalue weighted by Gasteiger charge is 2.25. The van der Waals surface area contributed by atoms with Crippen LogP contribution in [0.15, 0.2) is 41.7 Å². The molecule has 2 N–H and O–H groups in total. The van der Waals surface area contributed by atoms with Crippen LogP contribution in [0.1, 0.15) is 32.0 Å². The van der Waals surface area contributed by atoms with Gasteiger partial charge in [0.2, 0.25) is 0 Å². The number of anilines is 1. The van der Waals surface area contributed by atoms with Gasteiger partial charge in [0.1, 0.15) is 11.6 Å². The van der Waals surface area contributed by atoms with Gasteiger partial charge in [0, 0.05) is 51.2 Å². The summed E-state index contributed by atoms with van der Waals surface area (Å²) in [7, 11) is 1.73. The van der Waals surface area contributed by atoms with Gasteiger partial charge >= 0.3 is 0 Å². The normalized spacial score (nSPS) is 16.3. The maximum atomic E-state index is 5.52. The molecule has 1 aromatic heterocycles. The first-order valence-corrected chi connectivity index (χ1v) is 10.6. The highest BCUT2D eigenvalue weighted by Crippen LogP contribution is 2.30. The summed E-state index contributed by atoms with van der Waals surface area (Å²) in [6.07, 6.45) is 7.15. The molecular formula is C22H35IN6O. The molecule has 0 aliphatic carbocycles. The minimum atomic E-state index is 0. The molecule has 0 amide bonds. The van der Waals surface area contributed by atoms with E-state index in [1.807, 2.05) is 31.5 Å². The number of unbranched alkanes of at least 4 members (excludes halogenated alkanes) is 1. The number of aromatic nitrogens is 2. The molecular weight excluding hydrogens is 491 g/mol. The number of para-hydroxylation sites is 2. The Balaban J connectivity index is 0.00000320. The number of ether oxygens (including phenoxy) is 1. The number of rotatable bonds is 9. The molecule has 7 nitrogen and oxygen atoms in total. The van der Waals surface area contributed by atoms with E-state index in [4.69, 9.17) is 9.73 Å². The molecule has 1 aliphatic heterocycles. The molecule has 0 bridgehead atoms. The molecule has 8 heteroatoms. The number of hydrogen-bond donors (Lipinski definition) is 2. The summed E-state index contributed by atoms with van der Waals surface area (Å²) >= 11 is 0. The molecule has 1 fully saturated rings. The van der Waals surface area contributed by atoms with Crippen molar-refractivity contribution in [2.75, 3.05) is 38.2 Å². The predicted octanol–water partition coefficient (Wildman–Crippen LogP) is 3.43. The van der Waals surface area contributed by atoms with Crippen LogP contribution in [0.5, 0.6) is 5.75 Å². The van der Waals surface area contributed by atoms with E-state index in [1.165, 1.54) is 0 Å². The Morgan fingerprint density at radius 3 is 2.87 bits per heavy atom. The molecule has 0 radical (unpaired) electrons. The van der Waals surface area contributed by atoms with Crippen LogP contribution >= 0.6 is 24.0 Å². The standard InChI is InChI=1S/C22H34N6O.HI/c1-4-23-22(25-12-7-8-14-27-16-13-24-18(27)2)26-19-11-15-28(17-19)20-9-5-6-10-21(20)29-3;/h5-6,9-10,13,16,19H,4,7-8,11-12,14-15,17H2,1-3H3,(H2,23,25,26);1H. The second kappa shape index (κ2) is 12.7. The molecule has 1 aromatic carbocycles. The fraction of sp³-hybridized carbons (Fsp3) is 0.545. The largest absolute Gasteiger partial charge is 0.495 e. The van der Waals surface area contributed by atoms with Crippen molar-refractivity contribution in [3.63, 3.8) is 0 Å². The molecule has 30 heavy (non-hydrogen) atoms. The summed E-state index contributed by atoms with van der Waals surface area (Å²) in [6, 6.07) is 8.61. The van der Waals surface area contributed by atoms with E-state index >= 15 is 0 Å². The zero-order valence-electron chi connectivity index (χ0n) is 18.3. The summed E-state index contributed by atoms with van der Waals surface area (Å²) in [6.45, 7) is 8.80. The van der Waals surface area contributed by atoms with Crippen LogP contribution in [-0.4, -0.2) is 54.8 Å². The number of hydrogen-bond acceptors (Lipinski definition) is 4. The molecule has 1 aliphatic rings. The van der Waals surface area contributed by atoms with Gasteiger partial charge in [-0.05, 0) is 45.2 Å². The van der Waals surface area contributed by atoms with Gasteiger partial charge in [-0.1, -0.05) is 12.1 Å².